The van der Waals surface area contributed by atoms with Crippen molar-refractivity contribution >= 4 is 44.7 Å². The Bertz CT molecular complexity index is 1400. The highest BCUT2D eigenvalue weighted by Gasteiger charge is 2.17. The van der Waals surface area contributed by atoms with Crippen LogP contribution in [0.25, 0.3) is 10.2 Å². The molecule has 0 saturated carbocycles. The predicted molar refractivity (Wildman–Crippen MR) is 125 cm³/mol. The smallest absolute Gasteiger partial charge is 0.325 e. The molecule has 0 unspecified atom stereocenters. The van der Waals surface area contributed by atoms with Crippen LogP contribution in [0.5, 0.6) is 0 Å². The van der Waals surface area contributed by atoms with Gasteiger partial charge in [-0.1, -0.05) is 29.8 Å². The molecule has 1 N–H and O–H groups in total. The fraction of sp³-hybridized carbons (Fsp3) is 0.174. The normalized spacial score (nSPS) is 11.1. The minimum Gasteiger partial charge on any atom is -0.325 e. The second-order valence-electron chi connectivity index (χ2n) is 7.37. The lowest BCUT2D eigenvalue weighted by Crippen LogP contribution is -2.41. The lowest BCUT2D eigenvalue weighted by Gasteiger charge is -2.13. The van der Waals surface area contributed by atoms with Gasteiger partial charge in [0.2, 0.25) is 5.91 Å². The molecule has 0 aliphatic carbocycles. The molecule has 2 heterocycles. The Balaban J connectivity index is 1.71. The zero-order valence-electron chi connectivity index (χ0n) is 17.0. The summed E-state index contributed by atoms with van der Waals surface area (Å²) in [5, 5.41) is 5.07. The van der Waals surface area contributed by atoms with Crippen LogP contribution in [-0.4, -0.2) is 15.0 Å². The molecule has 0 aliphatic heterocycles. The number of fused-ring (bicyclic) bond motifs is 1. The summed E-state index contributed by atoms with van der Waals surface area (Å²) in [5.74, 6) is -0.367. The number of rotatable bonds is 5. The third-order valence-corrected chi connectivity index (χ3v) is 6.32. The molecule has 1 amide bonds. The van der Waals surface area contributed by atoms with Crippen LogP contribution in [0.3, 0.4) is 0 Å². The van der Waals surface area contributed by atoms with E-state index >= 15 is 0 Å². The Hall–Kier alpha value is -3.16. The first-order valence-electron chi connectivity index (χ1n) is 9.66. The van der Waals surface area contributed by atoms with Gasteiger partial charge in [0.1, 0.15) is 11.2 Å². The molecule has 0 aliphatic rings. The highest BCUT2D eigenvalue weighted by Crippen LogP contribution is 2.17. The molecule has 0 radical (unpaired) electrons. The van der Waals surface area contributed by atoms with Crippen LogP contribution in [-0.2, 0) is 17.9 Å². The van der Waals surface area contributed by atoms with Crippen molar-refractivity contribution < 1.29 is 4.79 Å². The van der Waals surface area contributed by atoms with E-state index in [-0.39, 0.29) is 24.6 Å². The number of carbonyl (C=O) groups excluding carboxylic acids is 1. The van der Waals surface area contributed by atoms with Crippen molar-refractivity contribution in [3.8, 4) is 0 Å². The zero-order chi connectivity index (χ0) is 22.1. The van der Waals surface area contributed by atoms with E-state index in [9.17, 15) is 14.4 Å². The maximum atomic E-state index is 13.2. The number of nitrogens with zero attached hydrogens (tertiary/aromatic N) is 2. The van der Waals surface area contributed by atoms with Crippen molar-refractivity contribution in [2.75, 3.05) is 5.32 Å². The maximum absolute atomic E-state index is 13.2. The van der Waals surface area contributed by atoms with Gasteiger partial charge in [-0.15, -0.1) is 11.3 Å². The van der Waals surface area contributed by atoms with E-state index in [0.717, 1.165) is 16.7 Å². The summed E-state index contributed by atoms with van der Waals surface area (Å²) >= 11 is 7.14. The van der Waals surface area contributed by atoms with Crippen molar-refractivity contribution in [1.82, 2.24) is 9.13 Å². The highest BCUT2D eigenvalue weighted by atomic mass is 35.5. The first-order chi connectivity index (χ1) is 14.8. The number of hydrogen-bond acceptors (Lipinski definition) is 4. The molecule has 6 nitrogen and oxygen atoms in total. The molecule has 0 fully saturated rings. The number of anilines is 1. The maximum Gasteiger partial charge on any atom is 0.332 e. The standard InChI is InChI=1S/C23H20ClN3O3S/c1-14-3-4-16(11-15(14)2)12-27-22(29)21-19(9-10-31-21)26(23(27)30)13-20(28)25-18-7-5-17(24)6-8-18/h3-11H,12-13H2,1-2H3,(H,25,28). The van der Waals surface area contributed by atoms with Crippen molar-refractivity contribution in [3.05, 3.63) is 96.5 Å². The summed E-state index contributed by atoms with van der Waals surface area (Å²) in [6.07, 6.45) is 0. The minimum absolute atomic E-state index is 0.144. The van der Waals surface area contributed by atoms with Gasteiger partial charge >= 0.3 is 5.69 Å². The molecule has 31 heavy (non-hydrogen) atoms. The number of aromatic nitrogens is 2. The van der Waals surface area contributed by atoms with E-state index in [2.05, 4.69) is 5.32 Å². The number of amides is 1. The number of hydrogen-bond donors (Lipinski definition) is 1. The lowest BCUT2D eigenvalue weighted by molar-refractivity contribution is -0.116. The number of carbonyl (C=O) groups is 1. The number of nitrogens with one attached hydrogen (secondary N) is 1. The van der Waals surface area contributed by atoms with Gasteiger partial charge in [-0.05, 0) is 66.2 Å². The summed E-state index contributed by atoms with van der Waals surface area (Å²) in [6, 6.07) is 14.3. The van der Waals surface area contributed by atoms with Crippen LogP contribution in [0.2, 0.25) is 5.02 Å². The molecule has 2 aromatic carbocycles. The van der Waals surface area contributed by atoms with Crippen molar-refractivity contribution in [1.29, 1.82) is 0 Å². The molecule has 4 aromatic rings. The summed E-state index contributed by atoms with van der Waals surface area (Å²) in [4.78, 5) is 38.8. The van der Waals surface area contributed by atoms with E-state index in [1.165, 1.54) is 20.5 Å². The van der Waals surface area contributed by atoms with Gasteiger partial charge in [0.05, 0.1) is 12.1 Å². The van der Waals surface area contributed by atoms with Gasteiger partial charge in [0.25, 0.3) is 5.56 Å². The minimum atomic E-state index is -0.514. The van der Waals surface area contributed by atoms with Gasteiger partial charge in [-0.25, -0.2) is 4.79 Å². The lowest BCUT2D eigenvalue weighted by atomic mass is 10.1. The second-order valence-corrected chi connectivity index (χ2v) is 8.72. The molecule has 0 spiro atoms. The van der Waals surface area contributed by atoms with Crippen molar-refractivity contribution in [2.24, 2.45) is 0 Å². The average molecular weight is 454 g/mol. The number of thiophene rings is 1. The van der Waals surface area contributed by atoms with Gasteiger partial charge in [-0.3, -0.25) is 18.7 Å². The molecular weight excluding hydrogens is 434 g/mol. The molecule has 158 valence electrons. The fourth-order valence-electron chi connectivity index (χ4n) is 3.39. The Kier molecular flexibility index (Phi) is 5.80. The second kappa shape index (κ2) is 8.53. The summed E-state index contributed by atoms with van der Waals surface area (Å²) in [6.45, 7) is 3.94. The topological polar surface area (TPSA) is 73.1 Å². The summed E-state index contributed by atoms with van der Waals surface area (Å²) in [7, 11) is 0. The Morgan fingerprint density at radius 3 is 2.45 bits per heavy atom. The van der Waals surface area contributed by atoms with Gasteiger partial charge in [0.15, 0.2) is 0 Å². The first kappa shape index (κ1) is 21.1. The Labute approximate surface area is 187 Å². The van der Waals surface area contributed by atoms with Crippen LogP contribution in [0.4, 0.5) is 5.69 Å². The first-order valence-corrected chi connectivity index (χ1v) is 10.9. The number of halogens is 1. The zero-order valence-corrected chi connectivity index (χ0v) is 18.6. The van der Waals surface area contributed by atoms with Crippen LogP contribution in [0.1, 0.15) is 16.7 Å². The summed E-state index contributed by atoms with van der Waals surface area (Å²) < 4.78 is 2.99. The van der Waals surface area contributed by atoms with Crippen molar-refractivity contribution in [2.45, 2.75) is 26.9 Å². The monoisotopic (exact) mass is 453 g/mol. The summed E-state index contributed by atoms with van der Waals surface area (Å²) in [5.41, 5.74) is 3.26. The third kappa shape index (κ3) is 4.33. The van der Waals surface area contributed by atoms with Gasteiger partial charge in [-0.2, -0.15) is 0 Å². The predicted octanol–water partition coefficient (Wildman–Crippen LogP) is 4.18. The molecule has 0 saturated heterocycles. The Morgan fingerprint density at radius 1 is 1.00 bits per heavy atom. The van der Waals surface area contributed by atoms with Crippen molar-refractivity contribution in [3.63, 3.8) is 0 Å². The largest absolute Gasteiger partial charge is 0.332 e. The SMILES string of the molecule is Cc1ccc(Cn2c(=O)c3sccc3n(CC(=O)Nc3ccc(Cl)cc3)c2=O)cc1C. The van der Waals surface area contributed by atoms with Crippen LogP contribution < -0.4 is 16.6 Å². The quantitative estimate of drug-likeness (QED) is 0.492. The molecular formula is C23H20ClN3O3S. The van der Waals surface area contributed by atoms with Gasteiger partial charge in [0, 0.05) is 10.7 Å². The third-order valence-electron chi connectivity index (χ3n) is 5.18. The van der Waals surface area contributed by atoms with Gasteiger partial charge < -0.3 is 5.32 Å². The van der Waals surface area contributed by atoms with E-state index in [4.69, 9.17) is 11.6 Å². The van der Waals surface area contributed by atoms with E-state index in [1.807, 2.05) is 32.0 Å². The van der Waals surface area contributed by atoms with E-state index in [1.54, 1.807) is 35.7 Å². The van der Waals surface area contributed by atoms with Crippen LogP contribution >= 0.6 is 22.9 Å². The van der Waals surface area contributed by atoms with Crippen LogP contribution in [0.15, 0.2) is 63.5 Å². The molecule has 8 heteroatoms. The average Bonchev–Trinajstić information content (AvgIpc) is 3.23. The number of aryl methyl sites for hydroxylation is 2. The fourth-order valence-corrected chi connectivity index (χ4v) is 4.36. The molecule has 2 aromatic heterocycles. The molecule has 0 bridgehead atoms. The number of benzene rings is 2. The highest BCUT2D eigenvalue weighted by molar-refractivity contribution is 7.17. The molecule has 4 rings (SSSR count). The Morgan fingerprint density at radius 2 is 1.74 bits per heavy atom. The van der Waals surface area contributed by atoms with E-state index < -0.39 is 5.69 Å². The van der Waals surface area contributed by atoms with E-state index in [0.29, 0.717) is 20.9 Å². The molecule has 0 atom stereocenters. The van der Waals surface area contributed by atoms with Crippen LogP contribution in [0, 0.1) is 13.8 Å².